The van der Waals surface area contributed by atoms with Crippen LogP contribution in [-0.2, 0) is 24.4 Å². The lowest BCUT2D eigenvalue weighted by molar-refractivity contribution is -0.128. The summed E-state index contributed by atoms with van der Waals surface area (Å²) in [4.78, 5) is 20.9. The van der Waals surface area contributed by atoms with Crippen LogP contribution in [0.15, 0.2) is 53.5 Å². The summed E-state index contributed by atoms with van der Waals surface area (Å²) in [6, 6.07) is 16.1. The summed E-state index contributed by atoms with van der Waals surface area (Å²) in [6.07, 6.45) is 1.62. The molecular formula is C23H30ClIN4O. The van der Waals surface area contributed by atoms with Crippen LogP contribution < -0.4 is 5.32 Å². The van der Waals surface area contributed by atoms with E-state index in [1.54, 1.807) is 0 Å². The predicted molar refractivity (Wildman–Crippen MR) is 134 cm³/mol. The number of carbonyl (C=O) groups is 1. The Bertz CT molecular complexity index is 874. The summed E-state index contributed by atoms with van der Waals surface area (Å²) in [7, 11) is 2.03. The van der Waals surface area contributed by atoms with Gasteiger partial charge in [-0.3, -0.25) is 4.79 Å². The lowest BCUT2D eigenvalue weighted by atomic mass is 10.1. The fourth-order valence-electron chi connectivity index (χ4n) is 3.56. The van der Waals surface area contributed by atoms with E-state index in [1.165, 1.54) is 5.56 Å². The van der Waals surface area contributed by atoms with E-state index in [9.17, 15) is 4.79 Å². The molecule has 2 aromatic carbocycles. The maximum atomic E-state index is 12.0. The number of benzene rings is 2. The molecule has 1 aliphatic rings. The topological polar surface area (TPSA) is 47.9 Å². The number of halogens is 2. The number of likely N-dealkylation sites (tertiary alicyclic amines) is 1. The van der Waals surface area contributed by atoms with Crippen molar-refractivity contribution in [1.82, 2.24) is 15.1 Å². The van der Waals surface area contributed by atoms with Gasteiger partial charge in [0.1, 0.15) is 0 Å². The first kappa shape index (κ1) is 24.5. The van der Waals surface area contributed by atoms with Crippen molar-refractivity contribution in [3.8, 4) is 0 Å². The second-order valence-electron chi connectivity index (χ2n) is 7.34. The molecule has 1 N–H and O–H groups in total. The highest BCUT2D eigenvalue weighted by Crippen LogP contribution is 2.18. The molecule has 2 aromatic rings. The third-order valence-corrected chi connectivity index (χ3v) is 5.29. The van der Waals surface area contributed by atoms with E-state index in [-0.39, 0.29) is 29.9 Å². The van der Waals surface area contributed by atoms with E-state index in [0.717, 1.165) is 48.2 Å². The molecule has 0 atom stereocenters. The standard InChI is InChI=1S/C23H29ClN4O.HI/c1-3-25-23(27(2)16-18-8-6-11-21(24)14-18)26-15-19-9-4-5-10-20(19)17-28-13-7-12-22(28)29;/h4-6,8-11,14H,3,7,12-13,15-17H2,1-2H3,(H,25,26);1H. The second kappa shape index (κ2) is 12.2. The lowest BCUT2D eigenvalue weighted by Gasteiger charge is -2.23. The van der Waals surface area contributed by atoms with Gasteiger partial charge in [0.2, 0.25) is 5.91 Å². The number of nitrogens with one attached hydrogen (secondary N) is 1. The van der Waals surface area contributed by atoms with Crippen molar-refractivity contribution in [3.05, 3.63) is 70.2 Å². The highest BCUT2D eigenvalue weighted by atomic mass is 127. The molecule has 162 valence electrons. The molecule has 0 radical (unpaired) electrons. The zero-order chi connectivity index (χ0) is 20.6. The van der Waals surface area contributed by atoms with E-state index in [0.29, 0.717) is 19.5 Å². The van der Waals surface area contributed by atoms with Gasteiger partial charge in [-0.2, -0.15) is 0 Å². The van der Waals surface area contributed by atoms with Crippen molar-refractivity contribution in [2.45, 2.75) is 39.4 Å². The molecule has 1 fully saturated rings. The largest absolute Gasteiger partial charge is 0.357 e. The van der Waals surface area contributed by atoms with E-state index in [2.05, 4.69) is 35.3 Å². The van der Waals surface area contributed by atoms with Gasteiger partial charge in [0.25, 0.3) is 0 Å². The Hall–Kier alpha value is -1.80. The first-order valence-corrected chi connectivity index (χ1v) is 10.5. The zero-order valence-electron chi connectivity index (χ0n) is 17.6. The average molecular weight is 541 g/mol. The smallest absolute Gasteiger partial charge is 0.222 e. The number of carbonyl (C=O) groups excluding carboxylic acids is 1. The molecule has 0 aliphatic carbocycles. The summed E-state index contributed by atoms with van der Waals surface area (Å²) < 4.78 is 0. The van der Waals surface area contributed by atoms with Crippen LogP contribution in [0.2, 0.25) is 5.02 Å². The minimum atomic E-state index is 0. The molecule has 0 saturated carbocycles. The van der Waals surface area contributed by atoms with Gasteiger partial charge in [-0.05, 0) is 42.2 Å². The summed E-state index contributed by atoms with van der Waals surface area (Å²) in [5.41, 5.74) is 3.46. The van der Waals surface area contributed by atoms with E-state index in [1.807, 2.05) is 42.3 Å². The molecule has 0 unspecified atom stereocenters. The Morgan fingerprint density at radius 2 is 1.97 bits per heavy atom. The first-order chi connectivity index (χ1) is 14.1. The Morgan fingerprint density at radius 3 is 2.63 bits per heavy atom. The van der Waals surface area contributed by atoms with Crippen LogP contribution in [0.3, 0.4) is 0 Å². The lowest BCUT2D eigenvalue weighted by Crippen LogP contribution is -2.38. The summed E-state index contributed by atoms with van der Waals surface area (Å²) in [5.74, 6) is 1.09. The molecule has 3 rings (SSSR count). The molecular weight excluding hydrogens is 511 g/mol. The molecule has 5 nitrogen and oxygen atoms in total. The average Bonchev–Trinajstić information content (AvgIpc) is 3.10. The van der Waals surface area contributed by atoms with Crippen LogP contribution in [0.4, 0.5) is 0 Å². The number of amides is 1. The number of rotatable bonds is 7. The quantitative estimate of drug-likeness (QED) is 0.315. The zero-order valence-corrected chi connectivity index (χ0v) is 20.7. The van der Waals surface area contributed by atoms with Crippen LogP contribution >= 0.6 is 35.6 Å². The Labute approximate surface area is 201 Å². The van der Waals surface area contributed by atoms with Crippen LogP contribution in [0.1, 0.15) is 36.5 Å². The summed E-state index contributed by atoms with van der Waals surface area (Å²) in [6.45, 7) is 5.66. The molecule has 0 spiro atoms. The van der Waals surface area contributed by atoms with Gasteiger partial charge in [0, 0.05) is 44.7 Å². The number of aliphatic imine (C=N–C) groups is 1. The molecule has 0 bridgehead atoms. The van der Waals surface area contributed by atoms with Crippen molar-refractivity contribution < 1.29 is 4.79 Å². The maximum Gasteiger partial charge on any atom is 0.222 e. The molecule has 7 heteroatoms. The van der Waals surface area contributed by atoms with E-state index in [4.69, 9.17) is 16.6 Å². The molecule has 1 amide bonds. The minimum Gasteiger partial charge on any atom is -0.357 e. The first-order valence-electron chi connectivity index (χ1n) is 10.1. The van der Waals surface area contributed by atoms with Crippen molar-refractivity contribution in [2.24, 2.45) is 4.99 Å². The van der Waals surface area contributed by atoms with Gasteiger partial charge < -0.3 is 15.1 Å². The molecule has 1 aliphatic heterocycles. The normalized spacial score (nSPS) is 13.9. The Morgan fingerprint density at radius 1 is 1.20 bits per heavy atom. The SMILES string of the molecule is CCNC(=NCc1ccccc1CN1CCCC1=O)N(C)Cc1cccc(Cl)c1.I. The molecule has 1 heterocycles. The molecule has 0 aromatic heterocycles. The van der Waals surface area contributed by atoms with E-state index >= 15 is 0 Å². The monoisotopic (exact) mass is 540 g/mol. The van der Waals surface area contributed by atoms with Crippen LogP contribution in [0.5, 0.6) is 0 Å². The third kappa shape index (κ3) is 6.87. The van der Waals surface area contributed by atoms with E-state index < -0.39 is 0 Å². The summed E-state index contributed by atoms with van der Waals surface area (Å²) >= 11 is 6.12. The molecule has 1 saturated heterocycles. The Balaban J connectivity index is 0.00000320. The predicted octanol–water partition coefficient (Wildman–Crippen LogP) is 4.68. The van der Waals surface area contributed by atoms with Gasteiger partial charge in [-0.1, -0.05) is 48.0 Å². The number of guanidine groups is 1. The summed E-state index contributed by atoms with van der Waals surface area (Å²) in [5, 5.41) is 4.10. The van der Waals surface area contributed by atoms with Crippen LogP contribution in [0, 0.1) is 0 Å². The number of nitrogens with zero attached hydrogens (tertiary/aromatic N) is 3. The highest BCUT2D eigenvalue weighted by molar-refractivity contribution is 14.0. The fourth-order valence-corrected chi connectivity index (χ4v) is 3.77. The maximum absolute atomic E-state index is 12.0. The highest BCUT2D eigenvalue weighted by Gasteiger charge is 2.20. The van der Waals surface area contributed by atoms with Gasteiger partial charge in [-0.15, -0.1) is 24.0 Å². The van der Waals surface area contributed by atoms with Crippen LogP contribution in [0.25, 0.3) is 0 Å². The van der Waals surface area contributed by atoms with Crippen LogP contribution in [-0.4, -0.2) is 41.8 Å². The minimum absolute atomic E-state index is 0. The second-order valence-corrected chi connectivity index (χ2v) is 7.78. The Kier molecular flexibility index (Phi) is 9.91. The van der Waals surface area contributed by atoms with Crippen molar-refractivity contribution in [1.29, 1.82) is 0 Å². The molecule has 30 heavy (non-hydrogen) atoms. The van der Waals surface area contributed by atoms with Crippen molar-refractivity contribution >= 4 is 47.4 Å². The van der Waals surface area contributed by atoms with Crippen molar-refractivity contribution in [2.75, 3.05) is 20.1 Å². The fraction of sp³-hybridized carbons (Fsp3) is 0.391. The number of hydrogen-bond acceptors (Lipinski definition) is 2. The van der Waals surface area contributed by atoms with Gasteiger partial charge >= 0.3 is 0 Å². The number of hydrogen-bond donors (Lipinski definition) is 1. The third-order valence-electron chi connectivity index (χ3n) is 5.06. The van der Waals surface area contributed by atoms with Gasteiger partial charge in [-0.25, -0.2) is 4.99 Å². The van der Waals surface area contributed by atoms with Gasteiger partial charge in [0.05, 0.1) is 6.54 Å². The van der Waals surface area contributed by atoms with Crippen molar-refractivity contribution in [3.63, 3.8) is 0 Å². The van der Waals surface area contributed by atoms with Gasteiger partial charge in [0.15, 0.2) is 5.96 Å².